The highest BCUT2D eigenvalue weighted by Crippen LogP contribution is 2.53. The second-order valence-electron chi connectivity index (χ2n) is 7.22. The molecule has 3 heterocycles. The summed E-state index contributed by atoms with van der Waals surface area (Å²) >= 11 is 1.62. The first-order chi connectivity index (χ1) is 11.9. The minimum atomic E-state index is -0.573. The fourth-order valence-electron chi connectivity index (χ4n) is 3.95. The van der Waals surface area contributed by atoms with E-state index in [2.05, 4.69) is 4.98 Å². The molecule has 1 unspecified atom stereocenters. The Morgan fingerprint density at radius 3 is 2.88 bits per heavy atom. The summed E-state index contributed by atoms with van der Waals surface area (Å²) in [7, 11) is 1.69. The van der Waals surface area contributed by atoms with Crippen molar-refractivity contribution in [2.24, 2.45) is 22.6 Å². The summed E-state index contributed by atoms with van der Waals surface area (Å²) in [5.74, 6) is 0.0804. The molecule has 3 atom stereocenters. The van der Waals surface area contributed by atoms with Crippen LogP contribution >= 0.6 is 11.8 Å². The van der Waals surface area contributed by atoms with Gasteiger partial charge in [0.15, 0.2) is 5.96 Å². The molecule has 132 valence electrons. The summed E-state index contributed by atoms with van der Waals surface area (Å²) in [5, 5.41) is 2.04. The van der Waals surface area contributed by atoms with Gasteiger partial charge in [0.25, 0.3) is 0 Å². The van der Waals surface area contributed by atoms with E-state index >= 15 is 0 Å². The summed E-state index contributed by atoms with van der Waals surface area (Å²) in [6.07, 6.45) is 4.22. The molecule has 1 amide bonds. The fourth-order valence-corrected chi connectivity index (χ4v) is 5.25. The first kappa shape index (κ1) is 16.6. The molecule has 3 aliphatic rings. The number of amides is 1. The Labute approximate surface area is 150 Å². The van der Waals surface area contributed by atoms with Crippen LogP contribution in [0.5, 0.6) is 0 Å². The predicted molar refractivity (Wildman–Crippen MR) is 97.2 cm³/mol. The normalized spacial score (nSPS) is 32.6. The lowest BCUT2D eigenvalue weighted by molar-refractivity contribution is -0.134. The van der Waals surface area contributed by atoms with E-state index < -0.39 is 11.5 Å². The van der Waals surface area contributed by atoms with Crippen LogP contribution < -0.4 is 5.73 Å². The number of aliphatic imine (C=N–C) groups is 1. The van der Waals surface area contributed by atoms with E-state index in [0.717, 1.165) is 18.4 Å². The molecule has 2 N–H and O–H groups in total. The van der Waals surface area contributed by atoms with Crippen molar-refractivity contribution in [3.8, 4) is 0 Å². The van der Waals surface area contributed by atoms with Gasteiger partial charge in [0, 0.05) is 24.1 Å². The maximum absolute atomic E-state index is 14.0. The number of nitrogens with zero attached hydrogens (tertiary/aromatic N) is 3. The molecule has 5 nitrogen and oxygen atoms in total. The van der Waals surface area contributed by atoms with Gasteiger partial charge in [-0.2, -0.15) is 4.39 Å². The van der Waals surface area contributed by atoms with Crippen LogP contribution in [-0.2, 0) is 4.79 Å². The smallest absolute Gasteiger partial charge is 0.234 e. The van der Waals surface area contributed by atoms with Crippen LogP contribution in [-0.4, -0.2) is 39.6 Å². The van der Waals surface area contributed by atoms with Gasteiger partial charge in [-0.1, -0.05) is 0 Å². The highest BCUT2D eigenvalue weighted by molar-refractivity contribution is 8.03. The number of carbonyl (C=O) groups is 1. The molecular weight excluding hydrogens is 339 g/mol. The second-order valence-corrected chi connectivity index (χ2v) is 8.30. The molecule has 1 aliphatic carbocycles. The topological polar surface area (TPSA) is 71.6 Å². The van der Waals surface area contributed by atoms with Crippen molar-refractivity contribution in [3.05, 3.63) is 35.2 Å². The van der Waals surface area contributed by atoms with Crippen LogP contribution in [0.15, 0.2) is 28.7 Å². The zero-order valence-corrected chi connectivity index (χ0v) is 15.1. The van der Waals surface area contributed by atoms with Gasteiger partial charge in [0.2, 0.25) is 11.9 Å². The number of nitrogens with two attached hydrogens (primary N) is 1. The lowest BCUT2D eigenvalue weighted by Gasteiger charge is -2.43. The van der Waals surface area contributed by atoms with Crippen molar-refractivity contribution < 1.29 is 9.18 Å². The Kier molecular flexibility index (Phi) is 3.86. The van der Waals surface area contributed by atoms with Gasteiger partial charge in [0.05, 0.1) is 11.5 Å². The van der Waals surface area contributed by atoms with Gasteiger partial charge in [-0.25, -0.2) is 9.98 Å². The number of rotatable bonds is 3. The molecule has 0 aromatic carbocycles. The summed E-state index contributed by atoms with van der Waals surface area (Å²) < 4.78 is 14.0. The van der Waals surface area contributed by atoms with Crippen LogP contribution in [0.1, 0.15) is 31.7 Å². The van der Waals surface area contributed by atoms with Crippen molar-refractivity contribution in [3.63, 3.8) is 0 Å². The molecule has 1 saturated carbocycles. The van der Waals surface area contributed by atoms with Crippen molar-refractivity contribution in [1.82, 2.24) is 9.88 Å². The molecule has 25 heavy (non-hydrogen) atoms. The maximum Gasteiger partial charge on any atom is 0.234 e. The highest BCUT2D eigenvalue weighted by Gasteiger charge is 2.56. The standard InChI is InChI=1S/C18H21FN4OS/c1-18(14(10-5-6-10)16(24)23(2)17(20)22-18)13-8-11(9-25-13)12-4-3-7-21-15(12)19/h3-4,7,9-10,13-14H,5-6,8H2,1-2H3,(H2,20,22)/t13?,14-,18+/m0/s1. The number of aromatic nitrogens is 1. The minimum Gasteiger partial charge on any atom is -0.369 e. The Bertz CT molecular complexity index is 791. The molecule has 0 saturated heterocycles. The number of pyridine rings is 1. The zero-order valence-electron chi connectivity index (χ0n) is 14.3. The van der Waals surface area contributed by atoms with Gasteiger partial charge in [-0.3, -0.25) is 9.69 Å². The van der Waals surface area contributed by atoms with Crippen LogP contribution in [0.4, 0.5) is 4.39 Å². The predicted octanol–water partition coefficient (Wildman–Crippen LogP) is 2.64. The monoisotopic (exact) mass is 360 g/mol. The Morgan fingerprint density at radius 1 is 1.44 bits per heavy atom. The van der Waals surface area contributed by atoms with E-state index in [1.54, 1.807) is 30.9 Å². The van der Waals surface area contributed by atoms with E-state index in [-0.39, 0.29) is 23.0 Å². The lowest BCUT2D eigenvalue weighted by Crippen LogP contribution is -2.59. The summed E-state index contributed by atoms with van der Waals surface area (Å²) in [4.78, 5) is 22.8. The lowest BCUT2D eigenvalue weighted by atomic mass is 9.76. The number of guanidine groups is 1. The van der Waals surface area contributed by atoms with Gasteiger partial charge in [-0.15, -0.1) is 11.8 Å². The second kappa shape index (κ2) is 5.83. The van der Waals surface area contributed by atoms with Crippen LogP contribution in [0.25, 0.3) is 5.57 Å². The van der Waals surface area contributed by atoms with Crippen molar-refractivity contribution >= 4 is 29.2 Å². The summed E-state index contributed by atoms with van der Waals surface area (Å²) in [6.45, 7) is 2.03. The molecule has 0 radical (unpaired) electrons. The first-order valence-electron chi connectivity index (χ1n) is 8.50. The van der Waals surface area contributed by atoms with Crippen molar-refractivity contribution in [2.45, 2.75) is 37.0 Å². The third kappa shape index (κ3) is 2.65. The van der Waals surface area contributed by atoms with Gasteiger partial charge >= 0.3 is 0 Å². The van der Waals surface area contributed by atoms with Crippen LogP contribution in [0.2, 0.25) is 0 Å². The van der Waals surface area contributed by atoms with Crippen LogP contribution in [0.3, 0.4) is 0 Å². The van der Waals surface area contributed by atoms with Gasteiger partial charge in [0.1, 0.15) is 0 Å². The Hall–Kier alpha value is -1.89. The number of hydrogen-bond donors (Lipinski definition) is 1. The van der Waals surface area contributed by atoms with E-state index in [1.165, 1.54) is 11.1 Å². The molecule has 1 aromatic rings. The molecule has 0 spiro atoms. The quantitative estimate of drug-likeness (QED) is 0.841. The molecular formula is C18H21FN4OS. The highest BCUT2D eigenvalue weighted by atomic mass is 32.2. The molecule has 4 rings (SSSR count). The number of thioether (sulfide) groups is 1. The maximum atomic E-state index is 14.0. The van der Waals surface area contributed by atoms with Gasteiger partial charge < -0.3 is 5.73 Å². The van der Waals surface area contributed by atoms with E-state index in [1.807, 2.05) is 12.3 Å². The summed E-state index contributed by atoms with van der Waals surface area (Å²) in [6, 6.07) is 3.48. The first-order valence-corrected chi connectivity index (χ1v) is 9.44. The zero-order chi connectivity index (χ0) is 17.8. The SMILES string of the molecule is CN1C(=O)[C@H](C2CC2)[C@@](C)(C2CC(c3cccnc3F)=CS2)N=C1N. The molecule has 1 aromatic heterocycles. The van der Waals surface area contributed by atoms with E-state index in [9.17, 15) is 9.18 Å². The Morgan fingerprint density at radius 2 is 2.20 bits per heavy atom. The average molecular weight is 360 g/mol. The molecule has 1 fully saturated rings. The molecule has 0 bridgehead atoms. The third-order valence-electron chi connectivity index (χ3n) is 5.56. The largest absolute Gasteiger partial charge is 0.369 e. The number of carbonyl (C=O) groups excluding carboxylic acids is 1. The number of allylic oxidation sites excluding steroid dienone is 1. The van der Waals surface area contributed by atoms with Crippen LogP contribution in [0, 0.1) is 17.8 Å². The fraction of sp³-hybridized carbons (Fsp3) is 0.500. The van der Waals surface area contributed by atoms with E-state index in [4.69, 9.17) is 10.7 Å². The number of hydrogen-bond acceptors (Lipinski definition) is 5. The average Bonchev–Trinajstić information content (AvgIpc) is 3.27. The minimum absolute atomic E-state index is 0.0547. The third-order valence-corrected chi connectivity index (χ3v) is 6.95. The van der Waals surface area contributed by atoms with E-state index in [0.29, 0.717) is 17.9 Å². The Balaban J connectivity index is 1.65. The molecule has 7 heteroatoms. The van der Waals surface area contributed by atoms with Crippen molar-refractivity contribution in [2.75, 3.05) is 7.05 Å². The van der Waals surface area contributed by atoms with Gasteiger partial charge in [-0.05, 0) is 55.2 Å². The van der Waals surface area contributed by atoms with Crippen molar-refractivity contribution in [1.29, 1.82) is 0 Å². The number of halogens is 1. The summed E-state index contributed by atoms with van der Waals surface area (Å²) in [5.41, 5.74) is 6.89. The molecule has 2 aliphatic heterocycles.